The van der Waals surface area contributed by atoms with Crippen LogP contribution in [0.25, 0.3) is 11.1 Å². The zero-order chi connectivity index (χ0) is 32.1. The fourth-order valence-corrected chi connectivity index (χ4v) is 5.40. The molecule has 1 aliphatic rings. The lowest BCUT2D eigenvalue weighted by Crippen LogP contribution is -2.53. The number of halogens is 7. The molecule has 0 spiro atoms. The van der Waals surface area contributed by atoms with Crippen molar-refractivity contribution in [3.8, 4) is 11.1 Å². The third-order valence-electron chi connectivity index (χ3n) is 6.94. The molecular formula is C27H21F7N2O6S. The normalized spacial score (nSPS) is 16.0. The largest absolute Gasteiger partial charge is 0.465 e. The van der Waals surface area contributed by atoms with E-state index in [1.165, 1.54) is 42.5 Å². The first-order valence-electron chi connectivity index (χ1n) is 12.2. The third kappa shape index (κ3) is 5.88. The molecule has 0 saturated carbocycles. The number of aliphatic hydroxyl groups is 1. The number of carbonyl (C=O) groups is 2. The van der Waals surface area contributed by atoms with Crippen molar-refractivity contribution in [2.75, 3.05) is 18.1 Å². The van der Waals surface area contributed by atoms with E-state index in [0.717, 1.165) is 11.2 Å². The average Bonchev–Trinajstić information content (AvgIpc) is 2.90. The first kappa shape index (κ1) is 31.7. The summed E-state index contributed by atoms with van der Waals surface area (Å²) in [5.41, 5.74) is -6.69. The lowest BCUT2D eigenvalue weighted by molar-refractivity contribution is -0.376. The first-order valence-corrected chi connectivity index (χ1v) is 14.0. The highest BCUT2D eigenvalue weighted by molar-refractivity contribution is 7.90. The summed E-state index contributed by atoms with van der Waals surface area (Å²) in [6, 6.07) is 8.35. The lowest BCUT2D eigenvalue weighted by Gasteiger charge is -2.34. The highest BCUT2D eigenvalue weighted by Crippen LogP contribution is 2.50. The van der Waals surface area contributed by atoms with Crippen LogP contribution in [0.3, 0.4) is 0 Å². The van der Waals surface area contributed by atoms with Gasteiger partial charge in [0.2, 0.25) is 0 Å². The number of amides is 2. The molecule has 1 heterocycles. The Hall–Kier alpha value is -4.18. The minimum Gasteiger partial charge on any atom is -0.465 e. The summed E-state index contributed by atoms with van der Waals surface area (Å²) in [5, 5.41) is 21.7. The van der Waals surface area contributed by atoms with Crippen molar-refractivity contribution in [3.63, 3.8) is 0 Å². The van der Waals surface area contributed by atoms with Crippen LogP contribution < -0.4 is 5.32 Å². The second kappa shape index (κ2) is 10.8. The Labute approximate surface area is 239 Å². The van der Waals surface area contributed by atoms with Crippen molar-refractivity contribution in [1.82, 2.24) is 4.90 Å². The number of hydrogen-bond acceptors (Lipinski definition) is 5. The number of fused-ring (bicyclic) bond motifs is 1. The van der Waals surface area contributed by atoms with E-state index < -0.39 is 62.8 Å². The smallest absolute Gasteiger partial charge is 0.430 e. The van der Waals surface area contributed by atoms with Crippen LogP contribution in [-0.4, -0.2) is 60.7 Å². The van der Waals surface area contributed by atoms with Crippen LogP contribution in [0.15, 0.2) is 65.6 Å². The van der Waals surface area contributed by atoms with Crippen LogP contribution >= 0.6 is 0 Å². The molecule has 43 heavy (non-hydrogen) atoms. The summed E-state index contributed by atoms with van der Waals surface area (Å²) in [6.45, 7) is -0.111. The van der Waals surface area contributed by atoms with E-state index >= 15 is 0 Å². The Morgan fingerprint density at radius 3 is 2.05 bits per heavy atom. The number of rotatable bonds is 5. The molecule has 0 bridgehead atoms. The molecule has 0 fully saturated rings. The molecule has 16 heteroatoms. The van der Waals surface area contributed by atoms with Gasteiger partial charge in [-0.2, -0.15) is 26.3 Å². The first-order chi connectivity index (χ1) is 19.8. The van der Waals surface area contributed by atoms with Gasteiger partial charge < -0.3 is 15.5 Å². The van der Waals surface area contributed by atoms with E-state index in [-0.39, 0.29) is 40.7 Å². The zero-order valence-electron chi connectivity index (χ0n) is 21.8. The number of carboxylic acid groups (broad SMARTS) is 1. The van der Waals surface area contributed by atoms with Crippen molar-refractivity contribution in [2.45, 2.75) is 35.3 Å². The van der Waals surface area contributed by atoms with E-state index in [1.807, 2.05) is 0 Å². The number of sulfone groups is 1. The number of nitrogens with zero attached hydrogens (tertiary/aromatic N) is 1. The summed E-state index contributed by atoms with van der Waals surface area (Å²) >= 11 is 0. The van der Waals surface area contributed by atoms with E-state index in [1.54, 1.807) is 0 Å². The van der Waals surface area contributed by atoms with E-state index in [0.29, 0.717) is 17.7 Å². The highest BCUT2D eigenvalue weighted by atomic mass is 32.2. The topological polar surface area (TPSA) is 124 Å². The Bertz CT molecular complexity index is 1680. The van der Waals surface area contributed by atoms with Crippen LogP contribution in [0.5, 0.6) is 0 Å². The van der Waals surface area contributed by atoms with E-state index in [2.05, 4.69) is 5.32 Å². The van der Waals surface area contributed by atoms with Gasteiger partial charge in [0.1, 0.15) is 11.9 Å². The van der Waals surface area contributed by atoms with Gasteiger partial charge in [-0.15, -0.1) is 0 Å². The van der Waals surface area contributed by atoms with E-state index in [9.17, 15) is 59.0 Å². The molecule has 1 aliphatic heterocycles. The van der Waals surface area contributed by atoms with Crippen LogP contribution in [0.4, 0.5) is 41.2 Å². The number of carbonyl (C=O) groups excluding carboxylic acids is 1. The van der Waals surface area contributed by atoms with Crippen LogP contribution in [0.2, 0.25) is 0 Å². The maximum Gasteiger partial charge on any atom is 0.430 e. The maximum atomic E-state index is 14.7. The Morgan fingerprint density at radius 1 is 0.930 bits per heavy atom. The predicted octanol–water partition coefficient (Wildman–Crippen LogP) is 5.42. The van der Waals surface area contributed by atoms with E-state index in [4.69, 9.17) is 0 Å². The monoisotopic (exact) mass is 634 g/mol. The SMILES string of the molecule is CS(=O)(=O)c1ccc2c(c1)CCN(C(=O)O)C2C(=O)Nc1ccc(-c2ccc(C(O)(C(F)(F)F)C(F)(F)F)cc2F)cc1. The maximum absolute atomic E-state index is 14.7. The molecule has 1 unspecified atom stereocenters. The summed E-state index contributed by atoms with van der Waals surface area (Å²) < 4.78 is 118. The van der Waals surface area contributed by atoms with Crippen molar-refractivity contribution in [2.24, 2.45) is 0 Å². The zero-order valence-corrected chi connectivity index (χ0v) is 22.6. The fraction of sp³-hybridized carbons (Fsp3) is 0.259. The Kier molecular flexibility index (Phi) is 7.99. The molecule has 3 aromatic carbocycles. The summed E-state index contributed by atoms with van der Waals surface area (Å²) in [6.07, 6.45) is -12.6. The molecule has 3 N–H and O–H groups in total. The van der Waals surface area contributed by atoms with Crippen molar-refractivity contribution in [1.29, 1.82) is 0 Å². The predicted molar refractivity (Wildman–Crippen MR) is 137 cm³/mol. The van der Waals surface area contributed by atoms with Gasteiger partial charge in [-0.05, 0) is 53.4 Å². The number of alkyl halides is 6. The quantitative estimate of drug-likeness (QED) is 0.322. The molecule has 230 valence electrons. The average molecular weight is 635 g/mol. The van der Waals surface area contributed by atoms with Crippen molar-refractivity contribution >= 4 is 27.5 Å². The van der Waals surface area contributed by atoms with Gasteiger partial charge in [0.25, 0.3) is 11.5 Å². The van der Waals surface area contributed by atoms with Crippen molar-refractivity contribution < 1.29 is 59.0 Å². The van der Waals surface area contributed by atoms with Gasteiger partial charge in [0.05, 0.1) is 4.90 Å². The molecular weight excluding hydrogens is 613 g/mol. The summed E-state index contributed by atoms with van der Waals surface area (Å²) in [5.74, 6) is -2.30. The van der Waals surface area contributed by atoms with Gasteiger partial charge in [-0.3, -0.25) is 9.69 Å². The molecule has 4 rings (SSSR count). The molecule has 3 aromatic rings. The van der Waals surface area contributed by atoms with Gasteiger partial charge in [0, 0.05) is 29.6 Å². The van der Waals surface area contributed by atoms with Crippen LogP contribution in [-0.2, 0) is 26.7 Å². The number of anilines is 1. The molecule has 0 aliphatic carbocycles. The standard InChI is InChI=1S/C27H21F7N2O6S/c1-43(41,42)18-7-9-20-15(12-18)10-11-36(24(38)39)22(20)23(37)35-17-5-2-14(3-6-17)19-8-4-16(13-21(19)28)25(40,26(29,30)31)27(32,33)34/h2-9,12-13,22,40H,10-11H2,1H3,(H,35,37)(H,38,39). The summed E-state index contributed by atoms with van der Waals surface area (Å²) in [7, 11) is -3.58. The Morgan fingerprint density at radius 2 is 1.53 bits per heavy atom. The fourth-order valence-electron chi connectivity index (χ4n) is 4.73. The minimum atomic E-state index is -6.19. The Balaban J connectivity index is 1.61. The number of benzene rings is 3. The van der Waals surface area contributed by atoms with Crippen LogP contribution in [0, 0.1) is 5.82 Å². The molecule has 0 saturated heterocycles. The number of hydrogen-bond donors (Lipinski definition) is 3. The van der Waals surface area contributed by atoms with Gasteiger partial charge in [-0.25, -0.2) is 17.6 Å². The molecule has 0 radical (unpaired) electrons. The lowest BCUT2D eigenvalue weighted by atomic mass is 9.90. The number of nitrogens with one attached hydrogen (secondary N) is 1. The van der Waals surface area contributed by atoms with Gasteiger partial charge >= 0.3 is 18.4 Å². The molecule has 2 amide bonds. The molecule has 8 nitrogen and oxygen atoms in total. The van der Waals surface area contributed by atoms with Gasteiger partial charge in [-0.1, -0.05) is 30.3 Å². The van der Waals surface area contributed by atoms with Gasteiger partial charge in [0.15, 0.2) is 9.84 Å². The third-order valence-corrected chi connectivity index (χ3v) is 8.05. The molecule has 0 aromatic heterocycles. The van der Waals surface area contributed by atoms with Crippen molar-refractivity contribution in [3.05, 3.63) is 83.2 Å². The second-order valence-corrected chi connectivity index (χ2v) is 11.7. The minimum absolute atomic E-state index is 0.00640. The molecule has 1 atom stereocenters. The van der Waals surface area contributed by atoms with Crippen LogP contribution in [0.1, 0.15) is 22.7 Å². The second-order valence-electron chi connectivity index (χ2n) is 9.73. The summed E-state index contributed by atoms with van der Waals surface area (Å²) in [4.78, 5) is 25.9. The highest BCUT2D eigenvalue weighted by Gasteiger charge is 2.71.